The summed E-state index contributed by atoms with van der Waals surface area (Å²) >= 11 is 0. The van der Waals surface area contributed by atoms with Crippen molar-refractivity contribution >= 4 is 17.2 Å². The van der Waals surface area contributed by atoms with E-state index in [1.165, 1.54) is 12.1 Å². The van der Waals surface area contributed by atoms with Crippen molar-refractivity contribution in [1.82, 2.24) is 4.98 Å². The average molecular weight is 267 g/mol. The summed E-state index contributed by atoms with van der Waals surface area (Å²) in [5.41, 5.74) is 5.03. The summed E-state index contributed by atoms with van der Waals surface area (Å²) in [6.45, 7) is 3.99. The number of aromatic nitrogens is 1. The van der Waals surface area contributed by atoms with Crippen molar-refractivity contribution in [2.45, 2.75) is 13.8 Å². The third kappa shape index (κ3) is 1.92. The van der Waals surface area contributed by atoms with Crippen LogP contribution in [0.5, 0.6) is 0 Å². The summed E-state index contributed by atoms with van der Waals surface area (Å²) in [5.74, 6) is -0.314. The Morgan fingerprint density at radius 3 is 2.65 bits per heavy atom. The Balaban J connectivity index is 2.37. The highest BCUT2D eigenvalue weighted by atomic mass is 19.1. The monoisotopic (exact) mass is 267 g/mol. The fraction of sp³-hybridized carbons (Fsp3) is 0.118. The van der Waals surface area contributed by atoms with Gasteiger partial charge < -0.3 is 4.98 Å². The topological polar surface area (TPSA) is 32.9 Å². The van der Waals surface area contributed by atoms with Crippen LogP contribution < -0.4 is 0 Å². The van der Waals surface area contributed by atoms with Gasteiger partial charge in [-0.05, 0) is 37.6 Å². The molecule has 1 aromatic heterocycles. The summed E-state index contributed by atoms with van der Waals surface area (Å²) < 4.78 is 13.4. The van der Waals surface area contributed by atoms with E-state index in [1.807, 2.05) is 19.9 Å². The van der Waals surface area contributed by atoms with E-state index < -0.39 is 0 Å². The van der Waals surface area contributed by atoms with Crippen molar-refractivity contribution in [2.24, 2.45) is 0 Å². The summed E-state index contributed by atoms with van der Waals surface area (Å²) in [5, 5.41) is 0.886. The highest BCUT2D eigenvalue weighted by molar-refractivity contribution is 6.05. The summed E-state index contributed by atoms with van der Waals surface area (Å²) in [6.07, 6.45) is 0.831. The SMILES string of the molecule is Cc1cc(C)c2[nH]c(-c3cccc(F)c3)c(C=O)c2c1. The highest BCUT2D eigenvalue weighted by Crippen LogP contribution is 2.31. The number of nitrogens with one attached hydrogen (secondary N) is 1. The second kappa shape index (κ2) is 4.60. The van der Waals surface area contributed by atoms with Crippen LogP contribution in [0.3, 0.4) is 0 Å². The molecular weight excluding hydrogens is 253 g/mol. The Kier molecular flexibility index (Phi) is 2.90. The Bertz CT molecular complexity index is 817. The first-order valence-electron chi connectivity index (χ1n) is 6.44. The molecule has 0 aliphatic heterocycles. The van der Waals surface area contributed by atoms with Crippen LogP contribution >= 0.6 is 0 Å². The molecule has 0 aliphatic rings. The standard InChI is InChI=1S/C17H14FNO/c1-10-6-11(2)16-14(7-10)15(9-20)17(19-16)12-4-3-5-13(18)8-12/h3-9,19H,1-2H3. The van der Waals surface area contributed by atoms with Crippen LogP contribution in [0.25, 0.3) is 22.2 Å². The van der Waals surface area contributed by atoms with Gasteiger partial charge >= 0.3 is 0 Å². The van der Waals surface area contributed by atoms with E-state index in [9.17, 15) is 9.18 Å². The number of carbonyl (C=O) groups excluding carboxylic acids is 1. The molecule has 0 radical (unpaired) electrons. The fourth-order valence-electron chi connectivity index (χ4n) is 2.67. The Labute approximate surface area is 116 Å². The molecule has 0 fully saturated rings. The molecule has 0 spiro atoms. The van der Waals surface area contributed by atoms with Crippen molar-refractivity contribution in [1.29, 1.82) is 0 Å². The summed E-state index contributed by atoms with van der Waals surface area (Å²) in [7, 11) is 0. The predicted octanol–water partition coefficient (Wildman–Crippen LogP) is 4.40. The molecule has 20 heavy (non-hydrogen) atoms. The van der Waals surface area contributed by atoms with Crippen molar-refractivity contribution in [3.05, 3.63) is 58.9 Å². The minimum absolute atomic E-state index is 0.314. The van der Waals surface area contributed by atoms with E-state index >= 15 is 0 Å². The smallest absolute Gasteiger partial charge is 0.152 e. The first-order chi connectivity index (χ1) is 9.60. The minimum atomic E-state index is -0.314. The van der Waals surface area contributed by atoms with E-state index in [4.69, 9.17) is 0 Å². The van der Waals surface area contributed by atoms with Crippen molar-refractivity contribution in [3.63, 3.8) is 0 Å². The molecule has 1 heterocycles. The maximum atomic E-state index is 13.4. The predicted molar refractivity (Wildman–Crippen MR) is 78.6 cm³/mol. The van der Waals surface area contributed by atoms with E-state index in [0.29, 0.717) is 16.8 Å². The number of carbonyl (C=O) groups is 1. The quantitative estimate of drug-likeness (QED) is 0.686. The summed E-state index contributed by atoms with van der Waals surface area (Å²) in [6, 6.07) is 10.3. The van der Waals surface area contributed by atoms with Gasteiger partial charge in [-0.1, -0.05) is 23.8 Å². The number of hydrogen-bond donors (Lipinski definition) is 1. The lowest BCUT2D eigenvalue weighted by atomic mass is 10.0. The van der Waals surface area contributed by atoms with Gasteiger partial charge in [0.25, 0.3) is 0 Å². The summed E-state index contributed by atoms with van der Waals surface area (Å²) in [4.78, 5) is 14.7. The van der Waals surface area contributed by atoms with Gasteiger partial charge in [-0.3, -0.25) is 4.79 Å². The van der Waals surface area contributed by atoms with Crippen LogP contribution in [0.4, 0.5) is 4.39 Å². The van der Waals surface area contributed by atoms with Crippen LogP contribution in [0.15, 0.2) is 36.4 Å². The number of hydrogen-bond acceptors (Lipinski definition) is 1. The van der Waals surface area contributed by atoms with E-state index in [2.05, 4.69) is 11.1 Å². The molecule has 0 saturated carbocycles. The Morgan fingerprint density at radius 2 is 1.95 bits per heavy atom. The molecule has 3 heteroatoms. The van der Waals surface area contributed by atoms with Crippen molar-refractivity contribution < 1.29 is 9.18 Å². The van der Waals surface area contributed by atoms with Crippen molar-refractivity contribution in [3.8, 4) is 11.3 Å². The van der Waals surface area contributed by atoms with Gasteiger partial charge in [0.05, 0.1) is 5.69 Å². The number of H-pyrrole nitrogens is 1. The van der Waals surface area contributed by atoms with Crippen LogP contribution in [-0.2, 0) is 0 Å². The molecule has 0 aliphatic carbocycles. The number of aromatic amines is 1. The lowest BCUT2D eigenvalue weighted by Crippen LogP contribution is -1.85. The molecule has 2 aromatic carbocycles. The van der Waals surface area contributed by atoms with Gasteiger partial charge in [-0.15, -0.1) is 0 Å². The fourth-order valence-corrected chi connectivity index (χ4v) is 2.67. The largest absolute Gasteiger partial charge is 0.354 e. The van der Waals surface area contributed by atoms with Crippen LogP contribution in [0.2, 0.25) is 0 Å². The van der Waals surface area contributed by atoms with Crippen LogP contribution in [-0.4, -0.2) is 11.3 Å². The second-order valence-corrected chi connectivity index (χ2v) is 5.05. The zero-order valence-electron chi connectivity index (χ0n) is 11.3. The molecule has 0 atom stereocenters. The van der Waals surface area contributed by atoms with Crippen LogP contribution in [0.1, 0.15) is 21.5 Å². The number of aryl methyl sites for hydroxylation is 2. The minimum Gasteiger partial charge on any atom is -0.354 e. The molecule has 0 bridgehead atoms. The molecule has 3 rings (SSSR count). The number of rotatable bonds is 2. The normalized spacial score (nSPS) is 10.9. The van der Waals surface area contributed by atoms with E-state index in [-0.39, 0.29) is 5.82 Å². The average Bonchev–Trinajstić information content (AvgIpc) is 2.77. The van der Waals surface area contributed by atoms with Crippen molar-refractivity contribution in [2.75, 3.05) is 0 Å². The van der Waals surface area contributed by atoms with Gasteiger partial charge in [-0.2, -0.15) is 0 Å². The van der Waals surface area contributed by atoms with Gasteiger partial charge in [0.2, 0.25) is 0 Å². The number of halogens is 1. The van der Waals surface area contributed by atoms with Gasteiger partial charge in [0, 0.05) is 22.0 Å². The first kappa shape index (κ1) is 12.6. The number of fused-ring (bicyclic) bond motifs is 1. The zero-order valence-corrected chi connectivity index (χ0v) is 11.3. The molecule has 2 nitrogen and oxygen atoms in total. The van der Waals surface area contributed by atoms with E-state index in [0.717, 1.165) is 28.3 Å². The zero-order chi connectivity index (χ0) is 14.3. The molecule has 0 unspecified atom stereocenters. The lowest BCUT2D eigenvalue weighted by Gasteiger charge is -1.99. The van der Waals surface area contributed by atoms with Gasteiger partial charge in [0.15, 0.2) is 6.29 Å². The maximum absolute atomic E-state index is 13.4. The third-order valence-electron chi connectivity index (χ3n) is 3.52. The molecule has 0 saturated heterocycles. The Morgan fingerprint density at radius 1 is 1.15 bits per heavy atom. The molecule has 3 aromatic rings. The maximum Gasteiger partial charge on any atom is 0.152 e. The molecular formula is C17H14FNO. The van der Waals surface area contributed by atoms with Gasteiger partial charge in [-0.25, -0.2) is 4.39 Å². The second-order valence-electron chi connectivity index (χ2n) is 5.05. The van der Waals surface area contributed by atoms with Gasteiger partial charge in [0.1, 0.15) is 5.82 Å². The lowest BCUT2D eigenvalue weighted by molar-refractivity contribution is 0.112. The van der Waals surface area contributed by atoms with Crippen LogP contribution in [0, 0.1) is 19.7 Å². The third-order valence-corrected chi connectivity index (χ3v) is 3.52. The molecule has 1 N–H and O–H groups in total. The first-order valence-corrected chi connectivity index (χ1v) is 6.44. The molecule has 100 valence electrons. The highest BCUT2D eigenvalue weighted by Gasteiger charge is 2.14. The van der Waals surface area contributed by atoms with E-state index in [1.54, 1.807) is 12.1 Å². The Hall–Kier alpha value is -2.42. The molecule has 0 amide bonds. The number of aldehydes is 1. The number of benzene rings is 2.